The molecule has 0 aromatic rings. The fourth-order valence-electron chi connectivity index (χ4n) is 10.3. The number of esters is 1. The Morgan fingerprint density at radius 3 is 2.33 bits per heavy atom. The fraction of sp³-hybridized carbons (Fsp3) is 0.968. The number of hydrogen-bond acceptors (Lipinski definition) is 5. The van der Waals surface area contributed by atoms with Crippen LogP contribution in [0.5, 0.6) is 0 Å². The Morgan fingerprint density at radius 1 is 0.944 bits per heavy atom. The lowest BCUT2D eigenvalue weighted by molar-refractivity contribution is -0.236. The van der Waals surface area contributed by atoms with E-state index in [1.807, 2.05) is 0 Å². The minimum atomic E-state index is -0.0713. The van der Waals surface area contributed by atoms with Gasteiger partial charge in [0.2, 0.25) is 0 Å². The molecule has 5 nitrogen and oxygen atoms in total. The summed E-state index contributed by atoms with van der Waals surface area (Å²) in [5, 5.41) is 0. The number of methoxy groups -OCH3 is 2. The van der Waals surface area contributed by atoms with Gasteiger partial charge in [0.05, 0.1) is 19.3 Å². The zero-order valence-electron chi connectivity index (χ0n) is 24.2. The topological polar surface area (TPSA) is 54.0 Å². The maximum absolute atomic E-state index is 11.9. The van der Waals surface area contributed by atoms with Crippen molar-refractivity contribution in [3.8, 4) is 0 Å². The molecule has 11 atom stereocenters. The van der Waals surface area contributed by atoms with Crippen molar-refractivity contribution in [2.75, 3.05) is 27.6 Å². The molecule has 208 valence electrons. The molecule has 0 aromatic carbocycles. The summed E-state index contributed by atoms with van der Waals surface area (Å²) in [4.78, 5) is 11.9. The summed E-state index contributed by atoms with van der Waals surface area (Å²) < 4.78 is 23.4. The van der Waals surface area contributed by atoms with E-state index in [-0.39, 0.29) is 12.1 Å². The standard InChI is InChI=1S/C31H54O5/c1-8-22-26-18-21(35-9-2)14-16-31(26,5)25-15-17-30(4)23(20(3)10-13-27(32)34-7)11-12-24(30)28(25)29(22)36-19-33-6/h20-26,28-29H,8-19H2,1-7H3/t20-,21-,22-,23-,24?,25?,26+,28?,29?,30-,31-/m1/s1. The van der Waals surface area contributed by atoms with Crippen LogP contribution >= 0.6 is 0 Å². The van der Waals surface area contributed by atoms with E-state index in [4.69, 9.17) is 18.9 Å². The maximum Gasteiger partial charge on any atom is 0.305 e. The second kappa shape index (κ2) is 11.6. The fourth-order valence-corrected chi connectivity index (χ4v) is 10.3. The number of carbonyl (C=O) groups is 1. The van der Waals surface area contributed by atoms with Crippen LogP contribution in [0.4, 0.5) is 0 Å². The third-order valence-electron chi connectivity index (χ3n) is 11.9. The highest BCUT2D eigenvalue weighted by atomic mass is 16.7. The molecule has 0 amide bonds. The van der Waals surface area contributed by atoms with Crippen molar-refractivity contribution in [2.45, 2.75) is 111 Å². The van der Waals surface area contributed by atoms with Crippen molar-refractivity contribution in [1.82, 2.24) is 0 Å². The van der Waals surface area contributed by atoms with E-state index in [1.54, 1.807) is 7.11 Å². The number of rotatable bonds is 10. The van der Waals surface area contributed by atoms with Crippen molar-refractivity contribution in [2.24, 2.45) is 52.3 Å². The molecule has 4 rings (SSSR count). The van der Waals surface area contributed by atoms with Crippen molar-refractivity contribution >= 4 is 5.97 Å². The molecule has 5 heteroatoms. The molecule has 4 unspecified atom stereocenters. The van der Waals surface area contributed by atoms with Crippen molar-refractivity contribution in [1.29, 1.82) is 0 Å². The Kier molecular flexibility index (Phi) is 9.15. The van der Waals surface area contributed by atoms with Gasteiger partial charge in [0.25, 0.3) is 0 Å². The zero-order chi connectivity index (χ0) is 26.1. The molecule has 4 fully saturated rings. The normalized spacial score (nSPS) is 44.9. The lowest BCUT2D eigenvalue weighted by atomic mass is 9.41. The number of hydrogen-bond donors (Lipinski definition) is 0. The molecule has 0 saturated heterocycles. The van der Waals surface area contributed by atoms with E-state index in [0.29, 0.717) is 65.7 Å². The van der Waals surface area contributed by atoms with Crippen LogP contribution in [0.3, 0.4) is 0 Å². The first-order chi connectivity index (χ1) is 17.2. The first kappa shape index (κ1) is 28.4. The molecule has 4 aliphatic rings. The van der Waals surface area contributed by atoms with Crippen LogP contribution in [0.25, 0.3) is 0 Å². The molecule has 4 saturated carbocycles. The van der Waals surface area contributed by atoms with Crippen LogP contribution < -0.4 is 0 Å². The van der Waals surface area contributed by atoms with E-state index in [2.05, 4.69) is 34.6 Å². The lowest BCUT2D eigenvalue weighted by Gasteiger charge is -2.65. The molecule has 4 aliphatic carbocycles. The Morgan fingerprint density at radius 2 is 1.67 bits per heavy atom. The molecule has 0 aromatic heterocycles. The van der Waals surface area contributed by atoms with Gasteiger partial charge in [-0.05, 0) is 111 Å². The molecular formula is C31H54O5. The molecule has 0 spiro atoms. The Labute approximate surface area is 220 Å². The molecule has 36 heavy (non-hydrogen) atoms. The first-order valence-corrected chi connectivity index (χ1v) is 15.0. The van der Waals surface area contributed by atoms with Gasteiger partial charge in [0.1, 0.15) is 6.79 Å². The first-order valence-electron chi connectivity index (χ1n) is 15.0. The number of fused-ring (bicyclic) bond motifs is 5. The molecule has 0 radical (unpaired) electrons. The van der Waals surface area contributed by atoms with Gasteiger partial charge >= 0.3 is 5.97 Å². The van der Waals surface area contributed by atoms with Gasteiger partial charge in [-0.25, -0.2) is 0 Å². The summed E-state index contributed by atoms with van der Waals surface area (Å²) in [6, 6.07) is 0. The van der Waals surface area contributed by atoms with Gasteiger partial charge in [-0.3, -0.25) is 4.79 Å². The highest BCUT2D eigenvalue weighted by Crippen LogP contribution is 2.70. The second-order valence-electron chi connectivity index (χ2n) is 13.2. The predicted octanol–water partition coefficient (Wildman–Crippen LogP) is 6.87. The smallest absolute Gasteiger partial charge is 0.305 e. The summed E-state index contributed by atoms with van der Waals surface area (Å²) in [6.07, 6.45) is 12.2. The zero-order valence-corrected chi connectivity index (χ0v) is 24.2. The quantitative estimate of drug-likeness (QED) is 0.239. The van der Waals surface area contributed by atoms with Crippen molar-refractivity contribution in [3.63, 3.8) is 0 Å². The largest absolute Gasteiger partial charge is 0.469 e. The van der Waals surface area contributed by atoms with Gasteiger partial charge in [-0.1, -0.05) is 34.1 Å². The van der Waals surface area contributed by atoms with Crippen LogP contribution in [0.2, 0.25) is 0 Å². The summed E-state index contributed by atoms with van der Waals surface area (Å²) >= 11 is 0. The van der Waals surface area contributed by atoms with Crippen LogP contribution in [-0.2, 0) is 23.7 Å². The molecule has 0 bridgehead atoms. The van der Waals surface area contributed by atoms with Gasteiger partial charge in [-0.15, -0.1) is 0 Å². The van der Waals surface area contributed by atoms with E-state index < -0.39 is 0 Å². The molecule has 0 aliphatic heterocycles. The van der Waals surface area contributed by atoms with Crippen LogP contribution in [0, 0.1) is 52.3 Å². The highest BCUT2D eigenvalue weighted by Gasteiger charge is 2.65. The van der Waals surface area contributed by atoms with Gasteiger partial charge < -0.3 is 18.9 Å². The summed E-state index contributed by atoms with van der Waals surface area (Å²) in [5.74, 6) is 4.39. The van der Waals surface area contributed by atoms with E-state index in [9.17, 15) is 4.79 Å². The van der Waals surface area contributed by atoms with E-state index >= 15 is 0 Å². The third kappa shape index (κ3) is 4.91. The van der Waals surface area contributed by atoms with Gasteiger partial charge in [-0.2, -0.15) is 0 Å². The molecular weight excluding hydrogens is 452 g/mol. The monoisotopic (exact) mass is 506 g/mol. The number of carbonyl (C=O) groups excluding carboxylic acids is 1. The molecule has 0 heterocycles. The Bertz CT molecular complexity index is 740. The van der Waals surface area contributed by atoms with Crippen molar-refractivity contribution in [3.05, 3.63) is 0 Å². The minimum Gasteiger partial charge on any atom is -0.469 e. The van der Waals surface area contributed by atoms with E-state index in [1.165, 1.54) is 58.5 Å². The Balaban J connectivity index is 1.63. The average molecular weight is 507 g/mol. The third-order valence-corrected chi connectivity index (χ3v) is 11.9. The maximum atomic E-state index is 11.9. The minimum absolute atomic E-state index is 0.0713. The second-order valence-corrected chi connectivity index (χ2v) is 13.2. The van der Waals surface area contributed by atoms with Crippen LogP contribution in [-0.4, -0.2) is 45.8 Å². The predicted molar refractivity (Wildman–Crippen MR) is 142 cm³/mol. The summed E-state index contributed by atoms with van der Waals surface area (Å²) in [7, 11) is 3.26. The molecule has 0 N–H and O–H groups in total. The summed E-state index contributed by atoms with van der Waals surface area (Å²) in [5.41, 5.74) is 0.706. The van der Waals surface area contributed by atoms with E-state index in [0.717, 1.165) is 18.9 Å². The summed E-state index contributed by atoms with van der Waals surface area (Å²) in [6.45, 7) is 13.3. The van der Waals surface area contributed by atoms with Crippen LogP contribution in [0.15, 0.2) is 0 Å². The SMILES string of the molecule is CCO[C@@H]1CC[C@]2(C)C3CC[C@@]4(C)C(CC[C@@H]4[C@H](C)CCC(=O)OC)C3C(OCOC)[C@H](CC)[C@@H]2C1. The van der Waals surface area contributed by atoms with Crippen LogP contribution in [0.1, 0.15) is 98.8 Å². The average Bonchev–Trinajstić information content (AvgIpc) is 3.23. The lowest BCUT2D eigenvalue weighted by Crippen LogP contribution is -2.62. The van der Waals surface area contributed by atoms with Gasteiger partial charge in [0, 0.05) is 20.1 Å². The number of ether oxygens (including phenoxy) is 4. The Hall–Kier alpha value is -0.650. The van der Waals surface area contributed by atoms with Crippen molar-refractivity contribution < 1.29 is 23.7 Å². The van der Waals surface area contributed by atoms with Gasteiger partial charge in [0.15, 0.2) is 0 Å². The highest BCUT2D eigenvalue weighted by molar-refractivity contribution is 5.69.